The summed E-state index contributed by atoms with van der Waals surface area (Å²) in [5, 5.41) is 4.65. The van der Waals surface area contributed by atoms with Crippen LogP contribution in [0.2, 0.25) is 5.02 Å². The van der Waals surface area contributed by atoms with Gasteiger partial charge in [0.15, 0.2) is 0 Å². The summed E-state index contributed by atoms with van der Waals surface area (Å²) in [5.74, 6) is 0.678. The van der Waals surface area contributed by atoms with E-state index in [1.807, 2.05) is 57.2 Å². The maximum absolute atomic E-state index is 12.3. The average molecular weight is 415 g/mol. The number of nitrogens with zero attached hydrogens (tertiary/aromatic N) is 1. The first-order valence-corrected chi connectivity index (χ1v) is 10.4. The highest BCUT2D eigenvalue weighted by molar-refractivity contribution is 7.15. The molecule has 146 valence electrons. The highest BCUT2D eigenvalue weighted by Gasteiger charge is 2.11. The van der Waals surface area contributed by atoms with Crippen molar-refractivity contribution in [3.05, 3.63) is 69.7 Å². The molecule has 1 N–H and O–H groups in total. The van der Waals surface area contributed by atoms with Gasteiger partial charge in [-0.25, -0.2) is 4.98 Å². The molecule has 1 heterocycles. The van der Waals surface area contributed by atoms with Crippen molar-refractivity contribution in [2.24, 2.45) is 0 Å². The fraction of sp³-hybridized carbons (Fsp3) is 0.273. The number of aromatic nitrogens is 1. The predicted octanol–water partition coefficient (Wildman–Crippen LogP) is 5.53. The van der Waals surface area contributed by atoms with Crippen LogP contribution in [0, 0.1) is 6.92 Å². The van der Waals surface area contributed by atoms with E-state index >= 15 is 0 Å². The minimum atomic E-state index is -0.0869. The van der Waals surface area contributed by atoms with Crippen LogP contribution in [0.4, 0.5) is 0 Å². The molecule has 0 atom stereocenters. The fourth-order valence-corrected chi connectivity index (χ4v) is 3.92. The average Bonchev–Trinajstić information content (AvgIpc) is 3.03. The normalized spacial score (nSPS) is 10.9. The molecule has 0 radical (unpaired) electrons. The van der Waals surface area contributed by atoms with E-state index < -0.39 is 0 Å². The van der Waals surface area contributed by atoms with Gasteiger partial charge in [0.2, 0.25) is 0 Å². The summed E-state index contributed by atoms with van der Waals surface area (Å²) in [5.41, 5.74) is 2.68. The Kier molecular flexibility index (Phi) is 6.70. The molecular formula is C22H23ClN2O2S. The number of amides is 1. The van der Waals surface area contributed by atoms with Gasteiger partial charge in [0, 0.05) is 34.0 Å². The highest BCUT2D eigenvalue weighted by atomic mass is 35.5. The molecule has 1 aromatic heterocycles. The van der Waals surface area contributed by atoms with Crippen molar-refractivity contribution in [2.75, 3.05) is 6.54 Å². The number of halogens is 1. The molecule has 0 spiro atoms. The molecule has 0 bridgehead atoms. The first-order chi connectivity index (χ1) is 13.4. The van der Waals surface area contributed by atoms with Crippen molar-refractivity contribution in [1.82, 2.24) is 10.3 Å². The Hall–Kier alpha value is -2.37. The molecule has 0 aliphatic heterocycles. The number of benzene rings is 2. The first-order valence-electron chi connectivity index (χ1n) is 9.19. The van der Waals surface area contributed by atoms with E-state index in [2.05, 4.69) is 10.3 Å². The van der Waals surface area contributed by atoms with Crippen LogP contribution in [0.3, 0.4) is 0 Å². The van der Waals surface area contributed by atoms with Crippen molar-refractivity contribution in [3.63, 3.8) is 0 Å². The summed E-state index contributed by atoms with van der Waals surface area (Å²) in [6.45, 7) is 6.51. The van der Waals surface area contributed by atoms with Gasteiger partial charge in [-0.3, -0.25) is 4.79 Å². The summed E-state index contributed by atoms with van der Waals surface area (Å²) in [6.07, 6.45) is 0.859. The van der Waals surface area contributed by atoms with Gasteiger partial charge in [0.05, 0.1) is 11.8 Å². The first kappa shape index (κ1) is 20.4. The Morgan fingerprint density at radius 3 is 2.46 bits per heavy atom. The Labute approximate surface area is 174 Å². The molecule has 0 aliphatic rings. The van der Waals surface area contributed by atoms with Crippen LogP contribution in [-0.4, -0.2) is 23.5 Å². The SMILES string of the molecule is Cc1nc(-c2ccc(Cl)cc2)sc1CCNC(=O)c1ccc(OC(C)C)cc1. The van der Waals surface area contributed by atoms with Gasteiger partial charge in [0.1, 0.15) is 10.8 Å². The van der Waals surface area contributed by atoms with Gasteiger partial charge in [-0.2, -0.15) is 0 Å². The molecule has 0 saturated heterocycles. The molecule has 4 nitrogen and oxygen atoms in total. The molecule has 0 saturated carbocycles. The van der Waals surface area contributed by atoms with Crippen LogP contribution in [-0.2, 0) is 6.42 Å². The molecule has 0 fully saturated rings. The third kappa shape index (κ3) is 5.33. The van der Waals surface area contributed by atoms with Crippen LogP contribution < -0.4 is 10.1 Å². The number of carbonyl (C=O) groups excluding carboxylic acids is 1. The number of aryl methyl sites for hydroxylation is 1. The van der Waals surface area contributed by atoms with Gasteiger partial charge in [0.25, 0.3) is 5.91 Å². The third-order valence-corrected chi connectivity index (χ3v) is 5.63. The van der Waals surface area contributed by atoms with E-state index in [0.29, 0.717) is 17.1 Å². The van der Waals surface area contributed by atoms with Crippen LogP contribution in [0.15, 0.2) is 48.5 Å². The van der Waals surface area contributed by atoms with Crippen LogP contribution >= 0.6 is 22.9 Å². The van der Waals surface area contributed by atoms with Crippen molar-refractivity contribution < 1.29 is 9.53 Å². The zero-order chi connectivity index (χ0) is 20.1. The van der Waals surface area contributed by atoms with Crippen molar-refractivity contribution in [3.8, 4) is 16.3 Å². The Morgan fingerprint density at radius 2 is 1.82 bits per heavy atom. The van der Waals surface area contributed by atoms with Gasteiger partial charge >= 0.3 is 0 Å². The number of nitrogens with one attached hydrogen (secondary N) is 1. The minimum absolute atomic E-state index is 0.0869. The van der Waals surface area contributed by atoms with E-state index in [0.717, 1.165) is 28.4 Å². The lowest BCUT2D eigenvalue weighted by atomic mass is 10.2. The van der Waals surface area contributed by atoms with Crippen LogP contribution in [0.5, 0.6) is 5.75 Å². The van der Waals surface area contributed by atoms with Gasteiger partial charge < -0.3 is 10.1 Å². The summed E-state index contributed by atoms with van der Waals surface area (Å²) in [7, 11) is 0. The van der Waals surface area contributed by atoms with Gasteiger partial charge in [-0.1, -0.05) is 23.7 Å². The number of hydrogen-bond donors (Lipinski definition) is 1. The lowest BCUT2D eigenvalue weighted by Gasteiger charge is -2.10. The monoisotopic (exact) mass is 414 g/mol. The topological polar surface area (TPSA) is 51.2 Å². The second-order valence-corrected chi connectivity index (χ2v) is 8.25. The Bertz CT molecular complexity index is 934. The fourth-order valence-electron chi connectivity index (χ4n) is 2.72. The number of carbonyl (C=O) groups is 1. The molecule has 0 unspecified atom stereocenters. The summed E-state index contributed by atoms with van der Waals surface area (Å²) in [6, 6.07) is 14.9. The number of thiazole rings is 1. The number of rotatable bonds is 7. The van der Waals surface area contributed by atoms with E-state index in [4.69, 9.17) is 16.3 Å². The number of ether oxygens (including phenoxy) is 1. The molecule has 3 aromatic rings. The zero-order valence-electron chi connectivity index (χ0n) is 16.2. The van der Waals surface area contributed by atoms with Crippen molar-refractivity contribution in [2.45, 2.75) is 33.3 Å². The molecule has 0 aliphatic carbocycles. The van der Waals surface area contributed by atoms with Gasteiger partial charge in [-0.15, -0.1) is 11.3 Å². The summed E-state index contributed by atoms with van der Waals surface area (Å²) < 4.78 is 5.60. The molecule has 6 heteroatoms. The predicted molar refractivity (Wildman–Crippen MR) is 116 cm³/mol. The largest absolute Gasteiger partial charge is 0.491 e. The lowest BCUT2D eigenvalue weighted by Crippen LogP contribution is -2.25. The van der Waals surface area contributed by atoms with E-state index in [-0.39, 0.29) is 12.0 Å². The molecule has 2 aromatic carbocycles. The Morgan fingerprint density at radius 1 is 1.14 bits per heavy atom. The molecule has 1 amide bonds. The standard InChI is InChI=1S/C22H23ClN2O2S/c1-14(2)27-19-10-6-16(7-11-19)21(26)24-13-12-20-15(3)25-22(28-20)17-4-8-18(23)9-5-17/h4-11,14H,12-13H2,1-3H3,(H,24,26). The maximum atomic E-state index is 12.3. The third-order valence-electron chi connectivity index (χ3n) is 4.11. The van der Waals surface area contributed by atoms with Gasteiger partial charge in [-0.05, 0) is 57.2 Å². The van der Waals surface area contributed by atoms with E-state index in [9.17, 15) is 4.79 Å². The lowest BCUT2D eigenvalue weighted by molar-refractivity contribution is 0.0954. The molecule has 28 heavy (non-hydrogen) atoms. The van der Waals surface area contributed by atoms with E-state index in [1.165, 1.54) is 4.88 Å². The van der Waals surface area contributed by atoms with E-state index in [1.54, 1.807) is 23.5 Å². The quantitative estimate of drug-likeness (QED) is 0.552. The second kappa shape index (κ2) is 9.22. The summed E-state index contributed by atoms with van der Waals surface area (Å²) >= 11 is 7.60. The smallest absolute Gasteiger partial charge is 0.251 e. The molecule has 3 rings (SSSR count). The second-order valence-electron chi connectivity index (χ2n) is 6.73. The van der Waals surface area contributed by atoms with Crippen LogP contribution in [0.1, 0.15) is 34.8 Å². The minimum Gasteiger partial charge on any atom is -0.491 e. The molecular weight excluding hydrogens is 392 g/mol. The Balaban J connectivity index is 1.56. The van der Waals surface area contributed by atoms with Crippen molar-refractivity contribution >= 4 is 28.8 Å². The van der Waals surface area contributed by atoms with Crippen LogP contribution in [0.25, 0.3) is 10.6 Å². The summed E-state index contributed by atoms with van der Waals surface area (Å²) in [4.78, 5) is 18.2. The maximum Gasteiger partial charge on any atom is 0.251 e. The van der Waals surface area contributed by atoms with Crippen molar-refractivity contribution in [1.29, 1.82) is 0 Å². The number of hydrogen-bond acceptors (Lipinski definition) is 4. The highest BCUT2D eigenvalue weighted by Crippen LogP contribution is 2.29. The zero-order valence-corrected chi connectivity index (χ0v) is 17.7.